The molecule has 9 nitrogen and oxygen atoms in total. The summed E-state index contributed by atoms with van der Waals surface area (Å²) < 4.78 is 12.8. The van der Waals surface area contributed by atoms with Gasteiger partial charge in [0.2, 0.25) is 5.91 Å². The van der Waals surface area contributed by atoms with Crippen LogP contribution >= 0.6 is 0 Å². The first-order chi connectivity index (χ1) is 17.9. The minimum Gasteiger partial charge on any atom is -0.467 e. The number of rotatable bonds is 8. The summed E-state index contributed by atoms with van der Waals surface area (Å²) in [4.78, 5) is 29.3. The Morgan fingerprint density at radius 2 is 1.84 bits per heavy atom. The topological polar surface area (TPSA) is 106 Å². The highest BCUT2D eigenvalue weighted by molar-refractivity contribution is 6.02. The number of carbonyl (C=O) groups is 2. The molecule has 0 bridgehead atoms. The van der Waals surface area contributed by atoms with E-state index in [9.17, 15) is 9.59 Å². The molecule has 2 amide bonds. The van der Waals surface area contributed by atoms with E-state index in [0.717, 1.165) is 16.6 Å². The van der Waals surface area contributed by atoms with E-state index >= 15 is 0 Å². The standard InChI is InChI=1S/C28H27N5O4/c1-18-8-6-12-23(20(18)3)33(26(34)17-32-24-11-5-4-10-22(24)30-31-32)27(25-14-13-19(2)37-25)28(35)29-16-21-9-7-15-36-21/h4-15,27H,16-17H2,1-3H3,(H,29,35)/t27-/m0/s1. The zero-order valence-electron chi connectivity index (χ0n) is 20.8. The third-order valence-electron chi connectivity index (χ3n) is 6.36. The summed E-state index contributed by atoms with van der Waals surface area (Å²) in [6.07, 6.45) is 1.54. The number of benzene rings is 2. The van der Waals surface area contributed by atoms with Crippen molar-refractivity contribution < 1.29 is 18.4 Å². The highest BCUT2D eigenvalue weighted by atomic mass is 16.3. The van der Waals surface area contributed by atoms with Crippen molar-refractivity contribution in [2.24, 2.45) is 0 Å². The number of aromatic nitrogens is 3. The Kier molecular flexibility index (Phi) is 6.59. The van der Waals surface area contributed by atoms with Gasteiger partial charge in [-0.15, -0.1) is 5.10 Å². The van der Waals surface area contributed by atoms with Crippen molar-refractivity contribution in [2.45, 2.75) is 39.9 Å². The van der Waals surface area contributed by atoms with E-state index in [-0.39, 0.29) is 19.0 Å². The maximum Gasteiger partial charge on any atom is 0.251 e. The summed E-state index contributed by atoms with van der Waals surface area (Å²) in [6.45, 7) is 5.75. The van der Waals surface area contributed by atoms with Crippen molar-refractivity contribution in [1.82, 2.24) is 20.3 Å². The average molecular weight is 498 g/mol. The van der Waals surface area contributed by atoms with Crippen LogP contribution in [0.3, 0.4) is 0 Å². The molecule has 0 aliphatic heterocycles. The van der Waals surface area contributed by atoms with Crippen LogP contribution in [-0.2, 0) is 22.7 Å². The van der Waals surface area contributed by atoms with E-state index in [1.165, 1.54) is 4.90 Å². The van der Waals surface area contributed by atoms with Crippen molar-refractivity contribution in [3.63, 3.8) is 0 Å². The number of nitrogens with one attached hydrogen (secondary N) is 1. The van der Waals surface area contributed by atoms with Crippen LogP contribution in [0.15, 0.2) is 81.8 Å². The Bertz CT molecular complexity index is 1550. The van der Waals surface area contributed by atoms with Crippen LogP contribution in [0.2, 0.25) is 0 Å². The molecule has 3 aromatic heterocycles. The largest absolute Gasteiger partial charge is 0.467 e. The highest BCUT2D eigenvalue weighted by Gasteiger charge is 2.36. The number of hydrogen-bond acceptors (Lipinski definition) is 6. The van der Waals surface area contributed by atoms with E-state index in [0.29, 0.717) is 28.5 Å². The van der Waals surface area contributed by atoms with Gasteiger partial charge >= 0.3 is 0 Å². The lowest BCUT2D eigenvalue weighted by molar-refractivity contribution is -0.127. The van der Waals surface area contributed by atoms with Gasteiger partial charge in [-0.05, 0) is 74.4 Å². The lowest BCUT2D eigenvalue weighted by Gasteiger charge is -2.31. The molecule has 0 fully saturated rings. The van der Waals surface area contributed by atoms with Gasteiger partial charge in [-0.3, -0.25) is 14.5 Å². The smallest absolute Gasteiger partial charge is 0.251 e. The molecule has 0 aliphatic carbocycles. The number of aryl methyl sites for hydroxylation is 2. The predicted molar refractivity (Wildman–Crippen MR) is 138 cm³/mol. The minimum absolute atomic E-state index is 0.116. The number of hydrogen-bond donors (Lipinski definition) is 1. The second-order valence-corrected chi connectivity index (χ2v) is 8.87. The maximum absolute atomic E-state index is 14.1. The summed E-state index contributed by atoms with van der Waals surface area (Å²) in [5, 5.41) is 11.3. The Balaban J connectivity index is 1.58. The van der Waals surface area contributed by atoms with E-state index in [4.69, 9.17) is 8.83 Å². The molecular formula is C28H27N5O4. The first-order valence-corrected chi connectivity index (χ1v) is 12.0. The summed E-state index contributed by atoms with van der Waals surface area (Å²) in [7, 11) is 0. The lowest BCUT2D eigenvalue weighted by Crippen LogP contribution is -2.45. The van der Waals surface area contributed by atoms with E-state index in [1.54, 1.807) is 42.1 Å². The maximum atomic E-state index is 14.1. The second kappa shape index (κ2) is 10.1. The quantitative estimate of drug-likeness (QED) is 0.335. The average Bonchev–Trinajstić information content (AvgIpc) is 3.65. The van der Waals surface area contributed by atoms with Gasteiger partial charge in [0.25, 0.3) is 5.91 Å². The highest BCUT2D eigenvalue weighted by Crippen LogP contribution is 2.33. The molecule has 188 valence electrons. The zero-order valence-corrected chi connectivity index (χ0v) is 20.8. The summed E-state index contributed by atoms with van der Waals surface area (Å²) >= 11 is 0. The molecule has 37 heavy (non-hydrogen) atoms. The SMILES string of the molecule is Cc1ccc([C@@H](C(=O)NCc2ccco2)N(C(=O)Cn2nnc3ccccc32)c2cccc(C)c2C)o1. The Hall–Kier alpha value is -4.66. The molecule has 2 aromatic carbocycles. The number of carbonyl (C=O) groups excluding carboxylic acids is 2. The first-order valence-electron chi connectivity index (χ1n) is 12.0. The van der Waals surface area contributed by atoms with Gasteiger partial charge in [0, 0.05) is 5.69 Å². The molecule has 0 spiro atoms. The zero-order chi connectivity index (χ0) is 25.9. The first kappa shape index (κ1) is 24.1. The number of para-hydroxylation sites is 1. The summed E-state index contributed by atoms with van der Waals surface area (Å²) in [5.74, 6) is 0.850. The number of furan rings is 2. The fraction of sp³-hybridized carbons (Fsp3) is 0.214. The van der Waals surface area contributed by atoms with Gasteiger partial charge in [0.1, 0.15) is 29.3 Å². The van der Waals surface area contributed by atoms with Crippen LogP contribution in [0.5, 0.6) is 0 Å². The predicted octanol–water partition coefficient (Wildman–Crippen LogP) is 4.63. The van der Waals surface area contributed by atoms with Gasteiger partial charge < -0.3 is 14.2 Å². The fourth-order valence-corrected chi connectivity index (χ4v) is 4.31. The van der Waals surface area contributed by atoms with Crippen molar-refractivity contribution in [3.8, 4) is 0 Å². The fourth-order valence-electron chi connectivity index (χ4n) is 4.31. The Morgan fingerprint density at radius 1 is 1.00 bits per heavy atom. The monoisotopic (exact) mass is 497 g/mol. The summed E-state index contributed by atoms with van der Waals surface area (Å²) in [6, 6.07) is 19.1. The molecule has 0 saturated carbocycles. The number of nitrogens with zero attached hydrogens (tertiary/aromatic N) is 4. The second-order valence-electron chi connectivity index (χ2n) is 8.87. The number of amides is 2. The van der Waals surface area contributed by atoms with Crippen molar-refractivity contribution in [2.75, 3.05) is 4.90 Å². The molecule has 0 aliphatic rings. The van der Waals surface area contributed by atoms with Gasteiger partial charge in [-0.25, -0.2) is 4.68 Å². The number of fused-ring (bicyclic) bond motifs is 1. The molecule has 9 heteroatoms. The van der Waals surface area contributed by atoms with Gasteiger partial charge in [-0.2, -0.15) is 0 Å². The molecular weight excluding hydrogens is 470 g/mol. The van der Waals surface area contributed by atoms with Crippen LogP contribution < -0.4 is 10.2 Å². The Morgan fingerprint density at radius 3 is 2.59 bits per heavy atom. The third-order valence-corrected chi connectivity index (χ3v) is 6.36. The summed E-state index contributed by atoms with van der Waals surface area (Å²) in [5.41, 5.74) is 3.90. The van der Waals surface area contributed by atoms with E-state index in [1.807, 2.05) is 56.3 Å². The van der Waals surface area contributed by atoms with Gasteiger partial charge in [0.15, 0.2) is 6.04 Å². The molecule has 1 N–H and O–H groups in total. The normalized spacial score (nSPS) is 12.0. The molecule has 3 heterocycles. The molecule has 0 radical (unpaired) electrons. The van der Waals surface area contributed by atoms with Crippen LogP contribution in [-0.4, -0.2) is 26.8 Å². The van der Waals surface area contributed by atoms with Crippen molar-refractivity contribution in [3.05, 3.63) is 101 Å². The molecule has 5 rings (SSSR count). The molecule has 1 atom stereocenters. The third kappa shape index (κ3) is 4.88. The molecule has 5 aromatic rings. The molecule has 0 saturated heterocycles. The van der Waals surface area contributed by atoms with Crippen LogP contribution in [0, 0.1) is 20.8 Å². The number of anilines is 1. The van der Waals surface area contributed by atoms with Gasteiger partial charge in [0.05, 0.1) is 18.3 Å². The van der Waals surface area contributed by atoms with Crippen LogP contribution in [0.1, 0.15) is 34.4 Å². The minimum atomic E-state index is -1.06. The Labute approximate surface area is 213 Å². The van der Waals surface area contributed by atoms with Crippen LogP contribution in [0.25, 0.3) is 11.0 Å². The lowest BCUT2D eigenvalue weighted by atomic mass is 10.0. The van der Waals surface area contributed by atoms with Crippen molar-refractivity contribution in [1.29, 1.82) is 0 Å². The van der Waals surface area contributed by atoms with E-state index in [2.05, 4.69) is 15.6 Å². The van der Waals surface area contributed by atoms with Crippen LogP contribution in [0.4, 0.5) is 5.69 Å². The van der Waals surface area contributed by atoms with E-state index < -0.39 is 11.9 Å². The molecule has 0 unspecified atom stereocenters. The van der Waals surface area contributed by atoms with Gasteiger partial charge in [-0.1, -0.05) is 29.5 Å². The van der Waals surface area contributed by atoms with Crippen molar-refractivity contribution >= 4 is 28.5 Å².